The van der Waals surface area contributed by atoms with Gasteiger partial charge in [0, 0.05) is 18.8 Å². The summed E-state index contributed by atoms with van der Waals surface area (Å²) in [4.78, 5) is 22.6. The first-order chi connectivity index (χ1) is 9.87. The summed E-state index contributed by atoms with van der Waals surface area (Å²) < 4.78 is 30.4. The molecule has 0 aromatic heterocycles. The van der Waals surface area contributed by atoms with E-state index >= 15 is 0 Å². The highest BCUT2D eigenvalue weighted by molar-refractivity contribution is 5.80. The quantitative estimate of drug-likeness (QED) is 0.875. The van der Waals surface area contributed by atoms with Crippen LogP contribution in [0, 0.1) is 5.92 Å². The highest BCUT2D eigenvalue weighted by Crippen LogP contribution is 2.44. The van der Waals surface area contributed by atoms with Crippen LogP contribution in [-0.2, 0) is 16.1 Å². The molecule has 5 nitrogen and oxygen atoms in total. The van der Waals surface area contributed by atoms with Crippen LogP contribution in [0.3, 0.4) is 0 Å². The summed E-state index contributed by atoms with van der Waals surface area (Å²) in [6.07, 6.45) is -2.01. The molecule has 7 heteroatoms. The molecular formula is C14H15F2NO4. The minimum Gasteiger partial charge on any atom is -0.480 e. The van der Waals surface area contributed by atoms with Gasteiger partial charge in [0.2, 0.25) is 5.92 Å². The van der Waals surface area contributed by atoms with E-state index in [1.54, 1.807) is 30.3 Å². The van der Waals surface area contributed by atoms with Crippen LogP contribution in [-0.4, -0.2) is 29.1 Å². The van der Waals surface area contributed by atoms with Crippen molar-refractivity contribution in [3.05, 3.63) is 35.9 Å². The van der Waals surface area contributed by atoms with Gasteiger partial charge < -0.3 is 15.2 Å². The number of alkyl carbamates (subject to hydrolysis) is 1. The molecule has 0 bridgehead atoms. The highest BCUT2D eigenvalue weighted by Gasteiger charge is 2.51. The number of hydrogen-bond acceptors (Lipinski definition) is 3. The monoisotopic (exact) mass is 299 g/mol. The predicted octanol–water partition coefficient (Wildman–Crippen LogP) is 2.41. The van der Waals surface area contributed by atoms with E-state index in [1.165, 1.54) is 0 Å². The number of rotatable bonds is 5. The van der Waals surface area contributed by atoms with Gasteiger partial charge in [-0.15, -0.1) is 0 Å². The molecular weight excluding hydrogens is 284 g/mol. The average Bonchev–Trinajstić information content (AvgIpc) is 2.40. The SMILES string of the molecule is O=C(N[C@H](C(=O)O)C1CC(F)(F)C1)OCc1ccccc1. The largest absolute Gasteiger partial charge is 0.480 e. The summed E-state index contributed by atoms with van der Waals surface area (Å²) in [5.41, 5.74) is 0.745. The Bertz CT molecular complexity index is 513. The molecule has 1 aromatic rings. The van der Waals surface area contributed by atoms with Crippen molar-refractivity contribution >= 4 is 12.1 Å². The first-order valence-corrected chi connectivity index (χ1v) is 6.45. The molecule has 1 amide bonds. The van der Waals surface area contributed by atoms with Gasteiger partial charge in [-0.25, -0.2) is 18.4 Å². The minimum absolute atomic E-state index is 0.0140. The van der Waals surface area contributed by atoms with E-state index in [-0.39, 0.29) is 6.61 Å². The van der Waals surface area contributed by atoms with E-state index in [4.69, 9.17) is 9.84 Å². The van der Waals surface area contributed by atoms with Gasteiger partial charge in [0.1, 0.15) is 12.6 Å². The number of nitrogens with one attached hydrogen (secondary N) is 1. The van der Waals surface area contributed by atoms with Crippen LogP contribution >= 0.6 is 0 Å². The molecule has 0 unspecified atom stereocenters. The van der Waals surface area contributed by atoms with Gasteiger partial charge in [-0.05, 0) is 5.56 Å². The Morgan fingerprint density at radius 3 is 2.48 bits per heavy atom. The minimum atomic E-state index is -2.84. The fraction of sp³-hybridized carbons (Fsp3) is 0.429. The second-order valence-electron chi connectivity index (χ2n) is 5.05. The van der Waals surface area contributed by atoms with E-state index < -0.39 is 42.8 Å². The standard InChI is InChI=1S/C14H15F2NO4/c15-14(16)6-10(7-14)11(12(18)19)17-13(20)21-8-9-4-2-1-3-5-9/h1-5,10-11H,6-8H2,(H,17,20)(H,18,19)/t11-/m0/s1. The lowest BCUT2D eigenvalue weighted by Gasteiger charge is -2.38. The van der Waals surface area contributed by atoms with Crippen molar-refractivity contribution in [2.75, 3.05) is 0 Å². The Hall–Kier alpha value is -2.18. The second kappa shape index (κ2) is 6.07. The molecule has 1 fully saturated rings. The fourth-order valence-corrected chi connectivity index (χ4v) is 2.22. The molecule has 114 valence electrons. The Balaban J connectivity index is 1.83. The summed E-state index contributed by atoms with van der Waals surface area (Å²) in [6.45, 7) is -0.0140. The smallest absolute Gasteiger partial charge is 0.408 e. The maximum Gasteiger partial charge on any atom is 0.408 e. The number of alkyl halides is 2. The van der Waals surface area contributed by atoms with Gasteiger partial charge in [0.25, 0.3) is 0 Å². The molecule has 1 saturated carbocycles. The van der Waals surface area contributed by atoms with Crippen LogP contribution in [0.5, 0.6) is 0 Å². The van der Waals surface area contributed by atoms with E-state index in [0.29, 0.717) is 0 Å². The number of ether oxygens (including phenoxy) is 1. The number of carboxylic acids is 1. The number of aliphatic carboxylic acids is 1. The van der Waals surface area contributed by atoms with Crippen molar-refractivity contribution in [3.8, 4) is 0 Å². The number of carbonyl (C=O) groups is 2. The van der Waals surface area contributed by atoms with Crippen LogP contribution < -0.4 is 5.32 Å². The Morgan fingerprint density at radius 1 is 1.33 bits per heavy atom. The lowest BCUT2D eigenvalue weighted by atomic mass is 9.76. The molecule has 1 atom stereocenters. The maximum atomic E-state index is 12.8. The van der Waals surface area contributed by atoms with Gasteiger partial charge in [-0.1, -0.05) is 30.3 Å². The van der Waals surface area contributed by atoms with Crippen molar-refractivity contribution in [1.82, 2.24) is 5.32 Å². The third-order valence-electron chi connectivity index (χ3n) is 3.35. The van der Waals surface area contributed by atoms with E-state index in [9.17, 15) is 18.4 Å². The second-order valence-corrected chi connectivity index (χ2v) is 5.05. The molecule has 0 heterocycles. The molecule has 1 aliphatic rings. The molecule has 0 aliphatic heterocycles. The van der Waals surface area contributed by atoms with E-state index in [1.807, 2.05) is 0 Å². The number of carboxylic acid groups (broad SMARTS) is 1. The normalized spacial score (nSPS) is 18.4. The van der Waals surface area contributed by atoms with Crippen molar-refractivity contribution in [2.24, 2.45) is 5.92 Å². The first kappa shape index (κ1) is 15.2. The summed E-state index contributed by atoms with van der Waals surface area (Å²) in [5.74, 6) is -4.96. The van der Waals surface area contributed by atoms with Crippen LogP contribution in [0.2, 0.25) is 0 Å². The van der Waals surface area contributed by atoms with Crippen molar-refractivity contribution < 1.29 is 28.2 Å². The molecule has 1 aromatic carbocycles. The van der Waals surface area contributed by atoms with E-state index in [0.717, 1.165) is 5.56 Å². The van der Waals surface area contributed by atoms with Crippen LogP contribution in [0.1, 0.15) is 18.4 Å². The first-order valence-electron chi connectivity index (χ1n) is 6.45. The molecule has 2 rings (SSSR count). The van der Waals surface area contributed by atoms with Crippen molar-refractivity contribution in [2.45, 2.75) is 31.4 Å². The Morgan fingerprint density at radius 2 is 1.95 bits per heavy atom. The number of halogens is 2. The van der Waals surface area contributed by atoms with Crippen LogP contribution in [0.25, 0.3) is 0 Å². The topological polar surface area (TPSA) is 75.6 Å². The Labute approximate surface area is 119 Å². The molecule has 1 aliphatic carbocycles. The lowest BCUT2D eigenvalue weighted by Crippen LogP contribution is -2.53. The highest BCUT2D eigenvalue weighted by atomic mass is 19.3. The summed E-state index contributed by atoms with van der Waals surface area (Å²) >= 11 is 0. The molecule has 0 saturated heterocycles. The lowest BCUT2D eigenvalue weighted by molar-refractivity contribution is -0.152. The third kappa shape index (κ3) is 4.14. The number of benzene rings is 1. The van der Waals surface area contributed by atoms with Crippen molar-refractivity contribution in [1.29, 1.82) is 0 Å². The van der Waals surface area contributed by atoms with E-state index in [2.05, 4.69) is 5.32 Å². The van der Waals surface area contributed by atoms with Gasteiger partial charge in [0.05, 0.1) is 0 Å². The zero-order valence-corrected chi connectivity index (χ0v) is 11.1. The van der Waals surface area contributed by atoms with Crippen LogP contribution in [0.15, 0.2) is 30.3 Å². The predicted molar refractivity (Wildman–Crippen MR) is 68.9 cm³/mol. The van der Waals surface area contributed by atoms with Crippen LogP contribution in [0.4, 0.5) is 13.6 Å². The van der Waals surface area contributed by atoms with Crippen molar-refractivity contribution in [3.63, 3.8) is 0 Å². The summed E-state index contributed by atoms with van der Waals surface area (Å²) in [5, 5.41) is 11.1. The van der Waals surface area contributed by atoms with Gasteiger partial charge in [0.15, 0.2) is 0 Å². The Kier molecular flexibility index (Phi) is 4.40. The maximum absolute atomic E-state index is 12.8. The molecule has 21 heavy (non-hydrogen) atoms. The average molecular weight is 299 g/mol. The van der Waals surface area contributed by atoms with Gasteiger partial charge in [-0.3, -0.25) is 0 Å². The van der Waals surface area contributed by atoms with Gasteiger partial charge >= 0.3 is 12.1 Å². The number of amides is 1. The summed E-state index contributed by atoms with van der Waals surface area (Å²) in [6, 6.07) is 7.48. The molecule has 0 spiro atoms. The molecule has 2 N–H and O–H groups in total. The number of hydrogen-bond donors (Lipinski definition) is 2. The molecule has 0 radical (unpaired) electrons. The number of carbonyl (C=O) groups excluding carboxylic acids is 1. The summed E-state index contributed by atoms with van der Waals surface area (Å²) in [7, 11) is 0. The zero-order valence-electron chi connectivity index (χ0n) is 11.1. The van der Waals surface area contributed by atoms with Gasteiger partial charge in [-0.2, -0.15) is 0 Å². The third-order valence-corrected chi connectivity index (χ3v) is 3.35. The fourth-order valence-electron chi connectivity index (χ4n) is 2.22. The zero-order chi connectivity index (χ0) is 15.5.